The van der Waals surface area contributed by atoms with Gasteiger partial charge in [-0.25, -0.2) is 9.59 Å². The van der Waals surface area contributed by atoms with E-state index in [2.05, 4.69) is 21.9 Å². The van der Waals surface area contributed by atoms with Crippen LogP contribution in [0.3, 0.4) is 0 Å². The van der Waals surface area contributed by atoms with Gasteiger partial charge in [-0.15, -0.1) is 0 Å². The maximum Gasteiger partial charge on any atom is 0.491 e. The van der Waals surface area contributed by atoms with Crippen LogP contribution in [0.2, 0.25) is 0 Å². The molecule has 2 rings (SSSR count). The molecule has 32 heavy (non-hydrogen) atoms. The summed E-state index contributed by atoms with van der Waals surface area (Å²) in [5, 5.41) is 13.1. The summed E-state index contributed by atoms with van der Waals surface area (Å²) < 4.78 is 41.7. The highest BCUT2D eigenvalue weighted by Gasteiger charge is 2.47. The number of hydrogen-bond acceptors (Lipinski definition) is 6. The number of aliphatic hydroxyl groups is 1. The average molecular weight is 452 g/mol. The van der Waals surface area contributed by atoms with Crippen LogP contribution in [0, 0.1) is 17.8 Å². The lowest BCUT2D eigenvalue weighted by Crippen LogP contribution is -2.57. The van der Waals surface area contributed by atoms with Gasteiger partial charge in [0.05, 0.1) is 0 Å². The normalized spacial score (nSPS) is 20.8. The minimum Gasteiger partial charge on any atom is -0.385 e. The molecule has 0 spiro atoms. The predicted molar refractivity (Wildman–Crippen MR) is 108 cm³/mol. The number of aliphatic hydroxyl groups excluding tert-OH is 1. The smallest absolute Gasteiger partial charge is 0.385 e. The number of likely N-dealkylation sites (tertiary alicyclic amines) is 1. The van der Waals surface area contributed by atoms with Crippen LogP contribution < -0.4 is 5.32 Å². The lowest BCUT2D eigenvalue weighted by Gasteiger charge is -2.33. The van der Waals surface area contributed by atoms with Crippen molar-refractivity contribution in [3.05, 3.63) is 48.0 Å². The highest BCUT2D eigenvalue weighted by Crippen LogP contribution is 2.29. The molecule has 1 aromatic carbocycles. The molecule has 0 saturated carbocycles. The number of allylic oxidation sites excluding steroid dienone is 1. The van der Waals surface area contributed by atoms with Gasteiger partial charge in [-0.2, -0.15) is 13.2 Å². The van der Waals surface area contributed by atoms with Crippen molar-refractivity contribution < 1.29 is 37.4 Å². The molecule has 10 heteroatoms. The van der Waals surface area contributed by atoms with Crippen molar-refractivity contribution >= 4 is 17.8 Å². The molecule has 0 radical (unpaired) electrons. The van der Waals surface area contributed by atoms with Crippen molar-refractivity contribution in [2.75, 3.05) is 6.54 Å². The molecule has 2 N–H and O–H groups in total. The van der Waals surface area contributed by atoms with Gasteiger partial charge in [0.1, 0.15) is 18.3 Å². The first-order chi connectivity index (χ1) is 15.0. The van der Waals surface area contributed by atoms with Crippen molar-refractivity contribution in [1.29, 1.82) is 0 Å². The first-order valence-electron chi connectivity index (χ1n) is 9.76. The Kier molecular flexibility index (Phi) is 8.57. The SMILES string of the molecule is C/C=C\C1CC(C(=O)OC(=O)C(F)(F)F)N(C(NC(C)=O)C(O)C#Cc2ccccc2)C1. The van der Waals surface area contributed by atoms with Gasteiger partial charge in [0.25, 0.3) is 0 Å². The summed E-state index contributed by atoms with van der Waals surface area (Å²) in [5.41, 5.74) is 0.591. The number of hydrogen-bond donors (Lipinski definition) is 2. The second-order valence-corrected chi connectivity index (χ2v) is 7.17. The maximum atomic E-state index is 12.5. The molecule has 7 nitrogen and oxygen atoms in total. The molecule has 1 aliphatic heterocycles. The van der Waals surface area contributed by atoms with Crippen LogP contribution in [-0.4, -0.2) is 58.9 Å². The molecule has 0 aliphatic carbocycles. The summed E-state index contributed by atoms with van der Waals surface area (Å²) in [5.74, 6) is 0.442. The summed E-state index contributed by atoms with van der Waals surface area (Å²) in [6.45, 7) is 3.03. The second kappa shape index (κ2) is 10.9. The molecule has 1 fully saturated rings. The van der Waals surface area contributed by atoms with E-state index in [9.17, 15) is 32.7 Å². The molecule has 4 atom stereocenters. The van der Waals surface area contributed by atoms with E-state index in [0.717, 1.165) is 0 Å². The third kappa shape index (κ3) is 6.93. The Morgan fingerprint density at radius 1 is 1.28 bits per heavy atom. The number of carbonyl (C=O) groups is 3. The van der Waals surface area contributed by atoms with Gasteiger partial charge in [-0.3, -0.25) is 9.69 Å². The minimum atomic E-state index is -5.33. The van der Waals surface area contributed by atoms with Crippen LogP contribution in [0.25, 0.3) is 0 Å². The number of carbonyl (C=O) groups excluding carboxylic acids is 3. The number of nitrogens with zero attached hydrogens (tertiary/aromatic N) is 1. The number of alkyl halides is 3. The highest BCUT2D eigenvalue weighted by molar-refractivity contribution is 5.91. The van der Waals surface area contributed by atoms with Crippen LogP contribution in [0.15, 0.2) is 42.5 Å². The standard InChI is InChI=1S/C22H23F3N2O5/c1-3-7-16-12-17(20(30)32-21(31)22(23,24)25)27(13-16)19(26-14(2)28)18(29)11-10-15-8-5-4-6-9-15/h3-9,16-19,29H,12-13H2,1-2H3,(H,26,28)/b7-3-. The molecule has 4 unspecified atom stereocenters. The number of halogens is 3. The van der Waals surface area contributed by atoms with Gasteiger partial charge in [-0.05, 0) is 31.4 Å². The summed E-state index contributed by atoms with van der Waals surface area (Å²) >= 11 is 0. The maximum absolute atomic E-state index is 12.5. The Labute approximate surface area is 183 Å². The van der Waals surface area contributed by atoms with E-state index in [-0.39, 0.29) is 18.9 Å². The monoisotopic (exact) mass is 452 g/mol. The summed E-state index contributed by atoms with van der Waals surface area (Å²) in [6.07, 6.45) is -4.58. The van der Waals surface area contributed by atoms with Crippen molar-refractivity contribution in [2.24, 2.45) is 5.92 Å². The lowest BCUT2D eigenvalue weighted by atomic mass is 10.1. The number of rotatable bonds is 5. The van der Waals surface area contributed by atoms with Gasteiger partial charge >= 0.3 is 18.1 Å². The Bertz CT molecular complexity index is 921. The van der Waals surface area contributed by atoms with E-state index < -0.39 is 42.3 Å². The van der Waals surface area contributed by atoms with E-state index in [0.29, 0.717) is 5.56 Å². The lowest BCUT2D eigenvalue weighted by molar-refractivity contribution is -0.203. The molecular formula is C22H23F3N2O5. The first kappa shape index (κ1) is 25.1. The van der Waals surface area contributed by atoms with Gasteiger partial charge in [0.2, 0.25) is 5.91 Å². The van der Waals surface area contributed by atoms with Gasteiger partial charge in [-0.1, -0.05) is 42.2 Å². The average Bonchev–Trinajstić information content (AvgIpc) is 3.14. The highest BCUT2D eigenvalue weighted by atomic mass is 19.4. The van der Waals surface area contributed by atoms with E-state index in [1.807, 2.05) is 0 Å². The van der Waals surface area contributed by atoms with Gasteiger partial charge in [0.15, 0.2) is 0 Å². The van der Waals surface area contributed by atoms with E-state index >= 15 is 0 Å². The fourth-order valence-corrected chi connectivity index (χ4v) is 3.37. The molecule has 1 saturated heterocycles. The van der Waals surface area contributed by atoms with Gasteiger partial charge < -0.3 is 15.2 Å². The molecule has 0 aromatic heterocycles. The van der Waals surface area contributed by atoms with E-state index in [1.165, 1.54) is 11.8 Å². The topological polar surface area (TPSA) is 95.9 Å². The number of amides is 1. The number of esters is 2. The zero-order valence-electron chi connectivity index (χ0n) is 17.4. The molecule has 1 aromatic rings. The predicted octanol–water partition coefficient (Wildman–Crippen LogP) is 1.76. The Balaban J connectivity index is 2.32. The van der Waals surface area contributed by atoms with E-state index in [1.54, 1.807) is 49.4 Å². The third-order valence-corrected chi connectivity index (χ3v) is 4.68. The second-order valence-electron chi connectivity index (χ2n) is 7.17. The number of nitrogens with one attached hydrogen (secondary N) is 1. The molecule has 1 aliphatic rings. The largest absolute Gasteiger partial charge is 0.491 e. The molecule has 0 bridgehead atoms. The molecular weight excluding hydrogens is 429 g/mol. The Morgan fingerprint density at radius 3 is 2.50 bits per heavy atom. The zero-order valence-corrected chi connectivity index (χ0v) is 17.4. The van der Waals surface area contributed by atoms with Crippen molar-refractivity contribution in [3.8, 4) is 11.8 Å². The quantitative estimate of drug-likeness (QED) is 0.306. The van der Waals surface area contributed by atoms with Crippen LogP contribution >= 0.6 is 0 Å². The Morgan fingerprint density at radius 2 is 1.94 bits per heavy atom. The first-order valence-corrected chi connectivity index (χ1v) is 9.76. The minimum absolute atomic E-state index is 0.0310. The Hall–Kier alpha value is -3.16. The summed E-state index contributed by atoms with van der Waals surface area (Å²) in [4.78, 5) is 36.6. The fraction of sp³-hybridized carbons (Fsp3) is 0.409. The number of ether oxygens (including phenoxy) is 1. The molecule has 1 heterocycles. The zero-order chi connectivity index (χ0) is 23.9. The van der Waals surface area contributed by atoms with Crippen molar-refractivity contribution in [3.63, 3.8) is 0 Å². The van der Waals surface area contributed by atoms with Crippen LogP contribution in [-0.2, 0) is 19.1 Å². The summed E-state index contributed by atoms with van der Waals surface area (Å²) in [7, 11) is 0. The van der Waals surface area contributed by atoms with Crippen LogP contribution in [0.5, 0.6) is 0 Å². The van der Waals surface area contributed by atoms with Crippen LogP contribution in [0.4, 0.5) is 13.2 Å². The van der Waals surface area contributed by atoms with Gasteiger partial charge in [0, 0.05) is 19.0 Å². The van der Waals surface area contributed by atoms with Crippen LogP contribution in [0.1, 0.15) is 25.8 Å². The number of benzene rings is 1. The molecule has 172 valence electrons. The van der Waals surface area contributed by atoms with Crippen molar-refractivity contribution in [1.82, 2.24) is 10.2 Å². The third-order valence-electron chi connectivity index (χ3n) is 4.68. The van der Waals surface area contributed by atoms with E-state index in [4.69, 9.17) is 0 Å². The van der Waals surface area contributed by atoms with Crippen molar-refractivity contribution in [2.45, 2.75) is 44.8 Å². The molecule has 1 amide bonds. The fourth-order valence-electron chi connectivity index (χ4n) is 3.37. The summed E-state index contributed by atoms with van der Waals surface area (Å²) in [6, 6.07) is 7.36.